The van der Waals surface area contributed by atoms with Gasteiger partial charge in [-0.15, -0.1) is 5.92 Å². The van der Waals surface area contributed by atoms with E-state index in [2.05, 4.69) is 28.7 Å². The van der Waals surface area contributed by atoms with E-state index in [1.165, 1.54) is 43.8 Å². The molecular formula is C21H24F2N2O. The first-order valence-corrected chi connectivity index (χ1v) is 9.03. The van der Waals surface area contributed by atoms with Gasteiger partial charge in [-0.25, -0.2) is 14.4 Å². The van der Waals surface area contributed by atoms with Gasteiger partial charge in [0.2, 0.25) is 5.82 Å². The monoisotopic (exact) mass is 358 g/mol. The lowest BCUT2D eigenvalue weighted by Gasteiger charge is -2.10. The molecule has 0 atom stereocenters. The van der Waals surface area contributed by atoms with E-state index in [9.17, 15) is 8.78 Å². The third-order valence-electron chi connectivity index (χ3n) is 3.96. The first-order valence-electron chi connectivity index (χ1n) is 9.03. The highest BCUT2D eigenvalue weighted by Gasteiger charge is 2.17. The van der Waals surface area contributed by atoms with Crippen molar-refractivity contribution in [3.63, 3.8) is 0 Å². The largest absolute Gasteiger partial charge is 0.490 e. The van der Waals surface area contributed by atoms with Crippen molar-refractivity contribution in [3.8, 4) is 29.0 Å². The predicted molar refractivity (Wildman–Crippen MR) is 98.8 cm³/mol. The molecule has 1 aromatic heterocycles. The number of halogens is 2. The molecule has 1 aromatic carbocycles. The molecule has 0 amide bonds. The van der Waals surface area contributed by atoms with Crippen molar-refractivity contribution in [1.82, 2.24) is 9.97 Å². The van der Waals surface area contributed by atoms with Crippen LogP contribution in [-0.4, -0.2) is 16.6 Å². The first-order chi connectivity index (χ1) is 12.7. The smallest absolute Gasteiger partial charge is 0.201 e. The van der Waals surface area contributed by atoms with Crippen LogP contribution in [0.3, 0.4) is 0 Å². The number of nitrogens with zero attached hydrogens (tertiary/aromatic N) is 2. The van der Waals surface area contributed by atoms with Gasteiger partial charge in [0.1, 0.15) is 0 Å². The highest BCUT2D eigenvalue weighted by Crippen LogP contribution is 2.28. The molecule has 3 nitrogen and oxygen atoms in total. The number of ether oxygens (including phenoxy) is 1. The molecule has 2 rings (SSSR count). The molecule has 0 aliphatic rings. The Morgan fingerprint density at radius 1 is 0.962 bits per heavy atom. The summed E-state index contributed by atoms with van der Waals surface area (Å²) in [6, 6.07) is 2.86. The molecule has 0 bridgehead atoms. The van der Waals surface area contributed by atoms with E-state index in [1.807, 2.05) is 0 Å². The van der Waals surface area contributed by atoms with E-state index in [4.69, 9.17) is 4.74 Å². The Hall–Kier alpha value is -2.48. The van der Waals surface area contributed by atoms with Crippen LogP contribution in [0.5, 0.6) is 5.75 Å². The lowest BCUT2D eigenvalue weighted by molar-refractivity contribution is 0.285. The van der Waals surface area contributed by atoms with Crippen LogP contribution in [0.4, 0.5) is 8.78 Å². The highest BCUT2D eigenvalue weighted by atomic mass is 19.2. The minimum atomic E-state index is -1.01. The maximum atomic E-state index is 14.3. The molecule has 0 fully saturated rings. The van der Waals surface area contributed by atoms with Gasteiger partial charge in [-0.05, 0) is 25.5 Å². The number of hydrogen-bond donors (Lipinski definition) is 0. The van der Waals surface area contributed by atoms with Crippen molar-refractivity contribution >= 4 is 0 Å². The van der Waals surface area contributed by atoms with E-state index in [0.717, 1.165) is 19.3 Å². The summed E-state index contributed by atoms with van der Waals surface area (Å²) in [7, 11) is 0. The molecule has 0 spiro atoms. The summed E-state index contributed by atoms with van der Waals surface area (Å²) in [6.07, 6.45) is 9.61. The summed E-state index contributed by atoms with van der Waals surface area (Å²) in [5.74, 6) is 3.57. The zero-order valence-electron chi connectivity index (χ0n) is 15.3. The second-order valence-electron chi connectivity index (χ2n) is 6.03. The Morgan fingerprint density at radius 3 is 2.35 bits per heavy atom. The number of rotatable bonds is 9. The van der Waals surface area contributed by atoms with Gasteiger partial charge in [0.25, 0.3) is 0 Å². The van der Waals surface area contributed by atoms with Gasteiger partial charge in [-0.2, -0.15) is 4.39 Å². The fourth-order valence-corrected chi connectivity index (χ4v) is 2.56. The highest BCUT2D eigenvalue weighted by molar-refractivity contribution is 5.58. The van der Waals surface area contributed by atoms with Crippen molar-refractivity contribution in [2.24, 2.45) is 0 Å². The van der Waals surface area contributed by atoms with E-state index in [-0.39, 0.29) is 17.1 Å². The van der Waals surface area contributed by atoms with E-state index in [0.29, 0.717) is 12.2 Å². The summed E-state index contributed by atoms with van der Waals surface area (Å²) in [6.45, 7) is 4.25. The Kier molecular flexibility index (Phi) is 8.01. The minimum Gasteiger partial charge on any atom is -0.490 e. The molecule has 0 unspecified atom stereocenters. The number of benzene rings is 1. The zero-order chi connectivity index (χ0) is 18.8. The van der Waals surface area contributed by atoms with Crippen LogP contribution in [0.1, 0.15) is 57.9 Å². The molecule has 1 heterocycles. The molecule has 26 heavy (non-hydrogen) atoms. The van der Waals surface area contributed by atoms with E-state index < -0.39 is 11.6 Å². The zero-order valence-corrected chi connectivity index (χ0v) is 15.3. The average Bonchev–Trinajstić information content (AvgIpc) is 2.65. The van der Waals surface area contributed by atoms with Crippen LogP contribution in [0.2, 0.25) is 0 Å². The van der Waals surface area contributed by atoms with Crippen LogP contribution in [0.15, 0.2) is 24.5 Å². The minimum absolute atomic E-state index is 0.00502. The third-order valence-corrected chi connectivity index (χ3v) is 3.96. The first kappa shape index (κ1) is 19.8. The van der Waals surface area contributed by atoms with Crippen LogP contribution in [0.25, 0.3) is 11.4 Å². The maximum Gasteiger partial charge on any atom is 0.201 e. The quantitative estimate of drug-likeness (QED) is 0.436. The second-order valence-corrected chi connectivity index (χ2v) is 6.03. The molecular weight excluding hydrogens is 334 g/mol. The number of hydrogen-bond acceptors (Lipinski definition) is 3. The van der Waals surface area contributed by atoms with Gasteiger partial charge in [0.15, 0.2) is 17.4 Å². The molecule has 0 saturated heterocycles. The maximum absolute atomic E-state index is 14.3. The van der Waals surface area contributed by atoms with Crippen molar-refractivity contribution in [1.29, 1.82) is 0 Å². The Morgan fingerprint density at radius 2 is 1.65 bits per heavy atom. The standard InChI is InChI=1S/C21H24F2N2O/c1-3-5-6-7-8-9-13-26-18-12-11-17(19(22)20(18)23)21-24-14-16(10-4-2)15-25-21/h11-12,14-15H,3,5-9,13H2,1-2H3. The van der Waals surface area contributed by atoms with Gasteiger partial charge in [-0.3, -0.25) is 0 Å². The average molecular weight is 358 g/mol. The molecule has 0 aliphatic heterocycles. The molecule has 138 valence electrons. The van der Waals surface area contributed by atoms with E-state index >= 15 is 0 Å². The molecule has 0 N–H and O–H groups in total. The summed E-state index contributed by atoms with van der Waals surface area (Å²) in [4.78, 5) is 8.10. The van der Waals surface area contributed by atoms with Crippen molar-refractivity contribution in [2.45, 2.75) is 52.4 Å². The SMILES string of the molecule is CC#Cc1cnc(-c2ccc(OCCCCCCCC)c(F)c2F)nc1. The van der Waals surface area contributed by atoms with Crippen molar-refractivity contribution in [2.75, 3.05) is 6.61 Å². The molecule has 2 aromatic rings. The second kappa shape index (κ2) is 10.5. The topological polar surface area (TPSA) is 35.0 Å². The van der Waals surface area contributed by atoms with Crippen LogP contribution in [-0.2, 0) is 0 Å². The Labute approximate surface area is 153 Å². The van der Waals surface area contributed by atoms with Gasteiger partial charge < -0.3 is 4.74 Å². The van der Waals surface area contributed by atoms with Crippen LogP contribution in [0, 0.1) is 23.5 Å². The lowest BCUT2D eigenvalue weighted by atomic mass is 10.1. The fourth-order valence-electron chi connectivity index (χ4n) is 2.56. The molecule has 5 heteroatoms. The summed E-state index contributed by atoms with van der Waals surface area (Å²) >= 11 is 0. The van der Waals surface area contributed by atoms with Crippen molar-refractivity contribution < 1.29 is 13.5 Å². The normalized spacial score (nSPS) is 10.3. The Bertz CT molecular complexity index is 764. The summed E-state index contributed by atoms with van der Waals surface area (Å²) < 4.78 is 34.0. The van der Waals surface area contributed by atoms with Crippen molar-refractivity contribution in [3.05, 3.63) is 41.7 Å². The van der Waals surface area contributed by atoms with Gasteiger partial charge in [-0.1, -0.05) is 44.9 Å². The Balaban J connectivity index is 1.97. The molecule has 0 saturated carbocycles. The van der Waals surface area contributed by atoms with Gasteiger partial charge in [0, 0.05) is 12.4 Å². The van der Waals surface area contributed by atoms with Crippen LogP contribution >= 0.6 is 0 Å². The number of aromatic nitrogens is 2. The van der Waals surface area contributed by atoms with E-state index in [1.54, 1.807) is 6.92 Å². The number of unbranched alkanes of at least 4 members (excludes halogenated alkanes) is 5. The van der Waals surface area contributed by atoms with Gasteiger partial charge >= 0.3 is 0 Å². The fraction of sp³-hybridized carbons (Fsp3) is 0.429. The third kappa shape index (κ3) is 5.52. The molecule has 0 radical (unpaired) electrons. The summed E-state index contributed by atoms with van der Waals surface area (Å²) in [5.41, 5.74) is 0.626. The van der Waals surface area contributed by atoms with Crippen LogP contribution < -0.4 is 4.74 Å². The summed E-state index contributed by atoms with van der Waals surface area (Å²) in [5, 5.41) is 0. The lowest BCUT2D eigenvalue weighted by Crippen LogP contribution is -2.02. The van der Waals surface area contributed by atoms with Gasteiger partial charge in [0.05, 0.1) is 17.7 Å². The predicted octanol–water partition coefficient (Wildman–Crippen LogP) is 5.53. The molecule has 0 aliphatic carbocycles.